The number of anilines is 1. The Balaban J connectivity index is 1.93. The van der Waals surface area contributed by atoms with E-state index in [1.807, 2.05) is 0 Å². The number of alkyl halides is 3. The molecule has 0 bridgehead atoms. The lowest BCUT2D eigenvalue weighted by Crippen LogP contribution is -2.36. The molecule has 0 aliphatic heterocycles. The predicted molar refractivity (Wildman–Crippen MR) is 83.3 cm³/mol. The maximum Gasteiger partial charge on any atom is 0.422 e. The van der Waals surface area contributed by atoms with Gasteiger partial charge in [0, 0.05) is 24.4 Å². The van der Waals surface area contributed by atoms with Crippen molar-refractivity contribution in [2.45, 2.75) is 44.5 Å². The number of ether oxygens (including phenoxy) is 2. The second-order valence-electron chi connectivity index (χ2n) is 5.80. The van der Waals surface area contributed by atoms with Crippen molar-refractivity contribution < 1.29 is 27.4 Å². The molecule has 134 valence electrons. The number of urea groups is 1. The third-order valence-corrected chi connectivity index (χ3v) is 3.98. The molecule has 0 unspecified atom stereocenters. The fourth-order valence-corrected chi connectivity index (χ4v) is 2.69. The third-order valence-electron chi connectivity index (χ3n) is 3.98. The first-order valence-electron chi connectivity index (χ1n) is 7.68. The molecule has 1 aromatic rings. The number of hydrogen-bond acceptors (Lipinski definition) is 3. The standard InChI is InChI=1S/C16H21F3N2O3/c1-10-13(4-3-5-14(10)24-9-16(17,18)19)21-15(22)20-11-6-7-12(8-11)23-2/h3-5,11-12H,6-9H2,1-2H3,(H2,20,21,22)/t11-,12+/m0/s1. The minimum absolute atomic E-state index is 0.0277. The van der Waals surface area contributed by atoms with Crippen LogP contribution in [0.3, 0.4) is 0 Å². The van der Waals surface area contributed by atoms with Crippen LogP contribution in [0, 0.1) is 6.92 Å². The second-order valence-corrected chi connectivity index (χ2v) is 5.80. The summed E-state index contributed by atoms with van der Waals surface area (Å²) >= 11 is 0. The Hall–Kier alpha value is -1.96. The summed E-state index contributed by atoms with van der Waals surface area (Å²) in [5.41, 5.74) is 0.853. The largest absolute Gasteiger partial charge is 0.484 e. The van der Waals surface area contributed by atoms with Crippen molar-refractivity contribution in [1.29, 1.82) is 0 Å². The highest BCUT2D eigenvalue weighted by Gasteiger charge is 2.29. The SMILES string of the molecule is CO[C@@H]1CC[C@H](NC(=O)Nc2cccc(OCC(F)(F)F)c2C)C1. The molecular weight excluding hydrogens is 325 g/mol. The maximum absolute atomic E-state index is 12.3. The smallest absolute Gasteiger partial charge is 0.422 e. The Morgan fingerprint density at radius 3 is 2.71 bits per heavy atom. The fourth-order valence-electron chi connectivity index (χ4n) is 2.69. The highest BCUT2D eigenvalue weighted by atomic mass is 19.4. The molecule has 0 spiro atoms. The van der Waals surface area contributed by atoms with Crippen LogP contribution in [0.4, 0.5) is 23.7 Å². The highest BCUT2D eigenvalue weighted by molar-refractivity contribution is 5.90. The molecule has 24 heavy (non-hydrogen) atoms. The van der Waals surface area contributed by atoms with E-state index < -0.39 is 18.8 Å². The molecule has 1 saturated carbocycles. The fraction of sp³-hybridized carbons (Fsp3) is 0.562. The first-order valence-corrected chi connectivity index (χ1v) is 7.68. The molecule has 1 aliphatic carbocycles. The Kier molecular flexibility index (Phi) is 5.93. The molecule has 0 aromatic heterocycles. The van der Waals surface area contributed by atoms with Gasteiger partial charge in [-0.2, -0.15) is 13.2 Å². The zero-order chi connectivity index (χ0) is 17.7. The monoisotopic (exact) mass is 346 g/mol. The van der Waals surface area contributed by atoms with E-state index in [-0.39, 0.29) is 17.9 Å². The van der Waals surface area contributed by atoms with Gasteiger partial charge in [0.25, 0.3) is 0 Å². The minimum atomic E-state index is -4.41. The third kappa shape index (κ3) is 5.30. The van der Waals surface area contributed by atoms with Gasteiger partial charge in [-0.3, -0.25) is 0 Å². The number of nitrogens with one attached hydrogen (secondary N) is 2. The zero-order valence-corrected chi connectivity index (χ0v) is 13.6. The summed E-state index contributed by atoms with van der Waals surface area (Å²) in [6, 6.07) is 4.21. The molecule has 5 nitrogen and oxygen atoms in total. The molecule has 1 aliphatic rings. The predicted octanol–water partition coefficient (Wildman–Crippen LogP) is 3.63. The van der Waals surface area contributed by atoms with Gasteiger partial charge < -0.3 is 20.1 Å². The average Bonchev–Trinajstić information content (AvgIpc) is 2.94. The van der Waals surface area contributed by atoms with Gasteiger partial charge in [-0.1, -0.05) is 6.07 Å². The van der Waals surface area contributed by atoms with Crippen molar-refractivity contribution in [3.63, 3.8) is 0 Å². The number of halogens is 3. The van der Waals surface area contributed by atoms with E-state index in [0.29, 0.717) is 11.3 Å². The van der Waals surface area contributed by atoms with Crippen LogP contribution in [0.25, 0.3) is 0 Å². The molecule has 2 atom stereocenters. The van der Waals surface area contributed by atoms with Gasteiger partial charge in [0.05, 0.1) is 6.10 Å². The Morgan fingerprint density at radius 2 is 2.08 bits per heavy atom. The van der Waals surface area contributed by atoms with Gasteiger partial charge in [0.1, 0.15) is 5.75 Å². The number of methoxy groups -OCH3 is 1. The number of benzene rings is 1. The van der Waals surface area contributed by atoms with Crippen LogP contribution in [-0.2, 0) is 4.74 Å². The molecule has 1 aromatic carbocycles. The molecule has 0 heterocycles. The summed E-state index contributed by atoms with van der Waals surface area (Å²) in [7, 11) is 1.64. The lowest BCUT2D eigenvalue weighted by atomic mass is 10.2. The number of carbonyl (C=O) groups excluding carboxylic acids is 1. The van der Waals surface area contributed by atoms with Gasteiger partial charge in [0.2, 0.25) is 0 Å². The van der Waals surface area contributed by atoms with Gasteiger partial charge in [-0.15, -0.1) is 0 Å². The van der Waals surface area contributed by atoms with Crippen LogP contribution in [-0.4, -0.2) is 38.1 Å². The quantitative estimate of drug-likeness (QED) is 0.856. The van der Waals surface area contributed by atoms with Crippen LogP contribution in [0.5, 0.6) is 5.75 Å². The molecule has 0 saturated heterocycles. The Labute approximate surface area is 138 Å². The van der Waals surface area contributed by atoms with E-state index in [2.05, 4.69) is 10.6 Å². The van der Waals surface area contributed by atoms with Crippen molar-refractivity contribution in [3.05, 3.63) is 23.8 Å². The van der Waals surface area contributed by atoms with Crippen molar-refractivity contribution in [2.75, 3.05) is 19.0 Å². The minimum Gasteiger partial charge on any atom is -0.484 e. The average molecular weight is 346 g/mol. The van der Waals surface area contributed by atoms with E-state index in [9.17, 15) is 18.0 Å². The lowest BCUT2D eigenvalue weighted by molar-refractivity contribution is -0.153. The number of rotatable bonds is 5. The Morgan fingerprint density at radius 1 is 1.33 bits per heavy atom. The summed E-state index contributed by atoms with van der Waals surface area (Å²) in [5.74, 6) is 0.0884. The second kappa shape index (κ2) is 7.74. The number of amides is 2. The first-order chi connectivity index (χ1) is 11.3. The van der Waals surface area contributed by atoms with Crippen molar-refractivity contribution in [1.82, 2.24) is 5.32 Å². The molecule has 2 N–H and O–H groups in total. The normalized spacial score (nSPS) is 20.7. The topological polar surface area (TPSA) is 59.6 Å². The molecule has 8 heteroatoms. The molecule has 0 radical (unpaired) electrons. The van der Waals surface area contributed by atoms with Crippen LogP contribution in [0.2, 0.25) is 0 Å². The van der Waals surface area contributed by atoms with Crippen molar-refractivity contribution in [2.24, 2.45) is 0 Å². The van der Waals surface area contributed by atoms with Crippen molar-refractivity contribution >= 4 is 11.7 Å². The zero-order valence-electron chi connectivity index (χ0n) is 13.6. The number of hydrogen-bond donors (Lipinski definition) is 2. The Bertz CT molecular complexity index is 578. The van der Waals surface area contributed by atoms with E-state index in [1.165, 1.54) is 12.1 Å². The van der Waals surface area contributed by atoms with Gasteiger partial charge >= 0.3 is 12.2 Å². The summed E-state index contributed by atoms with van der Waals surface area (Å²) in [6.45, 7) is 0.224. The van der Waals surface area contributed by atoms with Crippen LogP contribution in [0.1, 0.15) is 24.8 Å². The van der Waals surface area contributed by atoms with E-state index >= 15 is 0 Å². The first kappa shape index (κ1) is 18.4. The van der Waals surface area contributed by atoms with Crippen LogP contribution in [0.15, 0.2) is 18.2 Å². The molecular formula is C16H21F3N2O3. The van der Waals surface area contributed by atoms with Crippen LogP contribution < -0.4 is 15.4 Å². The van der Waals surface area contributed by atoms with E-state index in [1.54, 1.807) is 20.1 Å². The molecule has 2 amide bonds. The molecule has 2 rings (SSSR count). The number of carbonyl (C=O) groups is 1. The van der Waals surface area contributed by atoms with E-state index in [4.69, 9.17) is 9.47 Å². The van der Waals surface area contributed by atoms with Crippen molar-refractivity contribution in [3.8, 4) is 5.75 Å². The van der Waals surface area contributed by atoms with Crippen LogP contribution >= 0.6 is 0 Å². The summed E-state index contributed by atoms with van der Waals surface area (Å²) < 4.78 is 46.8. The van der Waals surface area contributed by atoms with Gasteiger partial charge in [-0.25, -0.2) is 4.79 Å². The lowest BCUT2D eigenvalue weighted by Gasteiger charge is -2.17. The van der Waals surface area contributed by atoms with Gasteiger partial charge in [-0.05, 0) is 38.3 Å². The summed E-state index contributed by atoms with van der Waals surface area (Å²) in [5, 5.41) is 5.50. The highest BCUT2D eigenvalue weighted by Crippen LogP contribution is 2.27. The van der Waals surface area contributed by atoms with Gasteiger partial charge in [0.15, 0.2) is 6.61 Å². The van der Waals surface area contributed by atoms with E-state index in [0.717, 1.165) is 19.3 Å². The summed E-state index contributed by atoms with van der Waals surface area (Å²) in [4.78, 5) is 12.1. The maximum atomic E-state index is 12.3. The molecule has 1 fully saturated rings. The summed E-state index contributed by atoms with van der Waals surface area (Å²) in [6.07, 6.45) is -1.79.